The molecule has 0 atom stereocenters. The number of nitrogens with zero attached hydrogens (tertiary/aromatic N) is 1. The van der Waals surface area contributed by atoms with Crippen molar-refractivity contribution in [3.8, 4) is 0 Å². The summed E-state index contributed by atoms with van der Waals surface area (Å²) in [5.74, 6) is 0.727. The molecule has 2 aliphatic heterocycles. The third kappa shape index (κ3) is 2.87. The Morgan fingerprint density at radius 3 is 2.21 bits per heavy atom. The number of ether oxygens (including phenoxy) is 1. The van der Waals surface area contributed by atoms with Gasteiger partial charge in [0, 0.05) is 24.2 Å². The van der Waals surface area contributed by atoms with Crippen LogP contribution in [0.4, 0.5) is 5.69 Å². The molecule has 0 bridgehead atoms. The highest BCUT2D eigenvalue weighted by Crippen LogP contribution is 2.41. The lowest BCUT2D eigenvalue weighted by Crippen LogP contribution is -2.43. The van der Waals surface area contributed by atoms with Gasteiger partial charge in [0.2, 0.25) is 0 Å². The van der Waals surface area contributed by atoms with E-state index >= 15 is 0 Å². The van der Waals surface area contributed by atoms with Gasteiger partial charge in [0.1, 0.15) is 0 Å². The summed E-state index contributed by atoms with van der Waals surface area (Å²) in [5, 5.41) is 0. The molecule has 0 amide bonds. The first kappa shape index (κ1) is 16.4. The van der Waals surface area contributed by atoms with Crippen LogP contribution in [0.25, 0.3) is 0 Å². The summed E-state index contributed by atoms with van der Waals surface area (Å²) >= 11 is 0. The van der Waals surface area contributed by atoms with Crippen LogP contribution in [0.2, 0.25) is 0 Å². The van der Waals surface area contributed by atoms with Crippen molar-refractivity contribution in [1.29, 1.82) is 0 Å². The predicted octanol–water partition coefficient (Wildman–Crippen LogP) is 2.70. The van der Waals surface area contributed by atoms with Crippen LogP contribution in [0.15, 0.2) is 18.2 Å². The summed E-state index contributed by atoms with van der Waals surface area (Å²) in [7, 11) is -0.299. The second kappa shape index (κ2) is 5.75. The minimum atomic E-state index is -0.310. The Morgan fingerprint density at radius 1 is 1.00 bits per heavy atom. The zero-order valence-corrected chi connectivity index (χ0v) is 15.3. The third-order valence-corrected chi connectivity index (χ3v) is 5.96. The molecule has 1 aromatic rings. The van der Waals surface area contributed by atoms with Gasteiger partial charge in [-0.15, -0.1) is 0 Å². The lowest BCUT2D eigenvalue weighted by atomic mass is 9.76. The van der Waals surface area contributed by atoms with E-state index in [-0.39, 0.29) is 18.3 Å². The highest BCUT2D eigenvalue weighted by molar-refractivity contribution is 6.64. The summed E-state index contributed by atoms with van der Waals surface area (Å²) in [6.45, 7) is 11.9. The van der Waals surface area contributed by atoms with Gasteiger partial charge in [0.05, 0.1) is 24.4 Å². The SMILES string of the molecule is CC1(C)OB(c2cc(C3CC3)ccc2N2CCOCC2)OC1(C)C. The first-order valence-corrected chi connectivity index (χ1v) is 9.19. The van der Waals surface area contributed by atoms with Gasteiger partial charge in [-0.3, -0.25) is 0 Å². The van der Waals surface area contributed by atoms with Gasteiger partial charge >= 0.3 is 7.12 Å². The molecule has 3 aliphatic rings. The van der Waals surface area contributed by atoms with Crippen LogP contribution in [0.1, 0.15) is 52.0 Å². The Morgan fingerprint density at radius 2 is 1.62 bits per heavy atom. The van der Waals surface area contributed by atoms with E-state index in [1.165, 1.54) is 29.6 Å². The number of hydrogen-bond donors (Lipinski definition) is 0. The topological polar surface area (TPSA) is 30.9 Å². The average Bonchev–Trinajstić information content (AvgIpc) is 3.36. The molecule has 1 aromatic carbocycles. The van der Waals surface area contributed by atoms with E-state index in [0.29, 0.717) is 0 Å². The van der Waals surface area contributed by atoms with Crippen LogP contribution in [0.3, 0.4) is 0 Å². The summed E-state index contributed by atoms with van der Waals surface area (Å²) in [6.07, 6.45) is 2.61. The van der Waals surface area contributed by atoms with Gasteiger partial charge in [0.25, 0.3) is 0 Å². The van der Waals surface area contributed by atoms with Gasteiger partial charge < -0.3 is 18.9 Å². The molecule has 5 heteroatoms. The van der Waals surface area contributed by atoms with Crippen molar-refractivity contribution in [3.05, 3.63) is 23.8 Å². The smallest absolute Gasteiger partial charge is 0.399 e. The van der Waals surface area contributed by atoms with Crippen molar-refractivity contribution in [2.24, 2.45) is 0 Å². The van der Waals surface area contributed by atoms with Crippen LogP contribution in [0, 0.1) is 0 Å². The van der Waals surface area contributed by atoms with Gasteiger partial charge in [-0.2, -0.15) is 0 Å². The highest BCUT2D eigenvalue weighted by atomic mass is 16.7. The monoisotopic (exact) mass is 329 g/mol. The second-order valence-corrected chi connectivity index (χ2v) is 8.28. The molecule has 1 saturated carbocycles. The Hall–Kier alpha value is -1.04. The summed E-state index contributed by atoms with van der Waals surface area (Å²) < 4.78 is 18.2. The van der Waals surface area contributed by atoms with E-state index in [4.69, 9.17) is 14.0 Å². The highest BCUT2D eigenvalue weighted by Gasteiger charge is 2.52. The number of hydrogen-bond acceptors (Lipinski definition) is 4. The third-order valence-electron chi connectivity index (χ3n) is 5.96. The molecular weight excluding hydrogens is 301 g/mol. The average molecular weight is 329 g/mol. The van der Waals surface area contributed by atoms with Crippen LogP contribution >= 0.6 is 0 Å². The van der Waals surface area contributed by atoms with Crippen LogP contribution in [-0.2, 0) is 14.0 Å². The van der Waals surface area contributed by atoms with E-state index in [1.807, 2.05) is 0 Å². The van der Waals surface area contributed by atoms with Gasteiger partial charge in [-0.25, -0.2) is 0 Å². The molecule has 0 N–H and O–H groups in total. The summed E-state index contributed by atoms with van der Waals surface area (Å²) in [5.41, 5.74) is 3.23. The normalized spacial score (nSPS) is 26.0. The zero-order valence-electron chi connectivity index (χ0n) is 15.3. The molecule has 0 unspecified atom stereocenters. The minimum absolute atomic E-state index is 0.299. The standard InChI is InChI=1S/C19H28BNO3/c1-18(2)19(3,4)24-20(23-18)16-13-15(14-5-6-14)7-8-17(16)21-9-11-22-12-10-21/h7-8,13-14H,5-6,9-12H2,1-4H3. The van der Waals surface area contributed by atoms with E-state index in [0.717, 1.165) is 32.2 Å². The number of rotatable bonds is 3. The van der Waals surface area contributed by atoms with Crippen molar-refractivity contribution in [2.75, 3.05) is 31.2 Å². The molecular formula is C19H28BNO3. The summed E-state index contributed by atoms with van der Waals surface area (Å²) in [6, 6.07) is 6.88. The number of benzene rings is 1. The predicted molar refractivity (Wildman–Crippen MR) is 97.2 cm³/mol. The van der Waals surface area contributed by atoms with Crippen molar-refractivity contribution in [1.82, 2.24) is 0 Å². The van der Waals surface area contributed by atoms with E-state index < -0.39 is 0 Å². The molecule has 3 fully saturated rings. The number of anilines is 1. The fourth-order valence-corrected chi connectivity index (χ4v) is 3.49. The lowest BCUT2D eigenvalue weighted by molar-refractivity contribution is 0.00578. The molecule has 2 heterocycles. The Kier molecular flexibility index (Phi) is 3.94. The molecule has 4 nitrogen and oxygen atoms in total. The first-order valence-electron chi connectivity index (χ1n) is 9.19. The maximum Gasteiger partial charge on any atom is 0.496 e. The quantitative estimate of drug-likeness (QED) is 0.798. The molecule has 4 rings (SSSR count). The van der Waals surface area contributed by atoms with Crippen molar-refractivity contribution < 1.29 is 14.0 Å². The van der Waals surface area contributed by atoms with Crippen LogP contribution in [-0.4, -0.2) is 44.6 Å². The fraction of sp³-hybridized carbons (Fsp3) is 0.684. The molecule has 2 saturated heterocycles. The number of morpholine rings is 1. The lowest BCUT2D eigenvalue weighted by Gasteiger charge is -2.32. The fourth-order valence-electron chi connectivity index (χ4n) is 3.49. The maximum atomic E-state index is 6.36. The van der Waals surface area contributed by atoms with E-state index in [2.05, 4.69) is 50.8 Å². The molecule has 0 aromatic heterocycles. The zero-order chi connectivity index (χ0) is 16.9. The Bertz CT molecular complexity index is 605. The van der Waals surface area contributed by atoms with Crippen LogP contribution in [0.5, 0.6) is 0 Å². The van der Waals surface area contributed by atoms with Crippen molar-refractivity contribution >= 4 is 18.3 Å². The maximum absolute atomic E-state index is 6.36. The molecule has 0 radical (unpaired) electrons. The first-order chi connectivity index (χ1) is 11.4. The Balaban J connectivity index is 1.70. The van der Waals surface area contributed by atoms with Crippen molar-refractivity contribution in [2.45, 2.75) is 57.7 Å². The molecule has 130 valence electrons. The van der Waals surface area contributed by atoms with Gasteiger partial charge in [-0.1, -0.05) is 12.1 Å². The summed E-state index contributed by atoms with van der Waals surface area (Å²) in [4.78, 5) is 2.40. The van der Waals surface area contributed by atoms with Gasteiger partial charge in [-0.05, 0) is 58.1 Å². The van der Waals surface area contributed by atoms with Crippen molar-refractivity contribution in [3.63, 3.8) is 0 Å². The second-order valence-electron chi connectivity index (χ2n) is 8.28. The molecule has 1 aliphatic carbocycles. The van der Waals surface area contributed by atoms with E-state index in [9.17, 15) is 0 Å². The molecule has 0 spiro atoms. The minimum Gasteiger partial charge on any atom is -0.399 e. The van der Waals surface area contributed by atoms with Gasteiger partial charge in [0.15, 0.2) is 0 Å². The van der Waals surface area contributed by atoms with E-state index in [1.54, 1.807) is 0 Å². The van der Waals surface area contributed by atoms with Crippen LogP contribution < -0.4 is 10.4 Å². The molecule has 24 heavy (non-hydrogen) atoms. The Labute approximate surface area is 145 Å². The largest absolute Gasteiger partial charge is 0.496 e.